The predicted octanol–water partition coefficient (Wildman–Crippen LogP) is 5.19. The Morgan fingerprint density at radius 1 is 0.846 bits per heavy atom. The minimum absolute atomic E-state index is 0.597. The van der Waals surface area contributed by atoms with Crippen LogP contribution in [0.3, 0.4) is 0 Å². The van der Waals surface area contributed by atoms with E-state index in [2.05, 4.69) is 35.7 Å². The molecule has 5 heteroatoms. The summed E-state index contributed by atoms with van der Waals surface area (Å²) in [7, 11) is 6.55. The number of benzene rings is 2. The molecule has 1 heterocycles. The molecule has 0 bridgehead atoms. The molecule has 26 heavy (non-hydrogen) atoms. The number of hydrogen-bond donors (Lipinski definition) is 0. The van der Waals surface area contributed by atoms with Gasteiger partial charge in [-0.3, -0.25) is 0 Å². The highest BCUT2D eigenvalue weighted by atomic mass is 32.1. The van der Waals surface area contributed by atoms with Crippen LogP contribution in [-0.4, -0.2) is 28.4 Å². The van der Waals surface area contributed by atoms with Crippen molar-refractivity contribution in [2.45, 2.75) is 6.42 Å². The van der Waals surface area contributed by atoms with E-state index in [4.69, 9.17) is 18.9 Å². The first kappa shape index (κ1) is 18.1. The molecule has 0 fully saturated rings. The summed E-state index contributed by atoms with van der Waals surface area (Å²) >= 11 is 1.72. The first-order chi connectivity index (χ1) is 12.7. The van der Waals surface area contributed by atoms with Crippen LogP contribution >= 0.6 is 11.3 Å². The molecule has 136 valence electrons. The lowest BCUT2D eigenvalue weighted by molar-refractivity contribution is 0.324. The lowest BCUT2D eigenvalue weighted by Gasteiger charge is -2.12. The Morgan fingerprint density at radius 3 is 2.15 bits per heavy atom. The molecule has 0 saturated heterocycles. The molecule has 0 N–H and O–H groups in total. The molecule has 0 spiro atoms. The maximum Gasteiger partial charge on any atom is 0.203 e. The van der Waals surface area contributed by atoms with Gasteiger partial charge in [0.05, 0.1) is 28.4 Å². The summed E-state index contributed by atoms with van der Waals surface area (Å²) < 4.78 is 22.9. The number of fused-ring (bicyclic) bond motifs is 1. The summed E-state index contributed by atoms with van der Waals surface area (Å²) in [6, 6.07) is 10.3. The average Bonchev–Trinajstić information content (AvgIpc) is 3.15. The van der Waals surface area contributed by atoms with Crippen LogP contribution in [0.2, 0.25) is 0 Å². The van der Waals surface area contributed by atoms with Crippen molar-refractivity contribution in [3.05, 3.63) is 52.9 Å². The summed E-state index contributed by atoms with van der Waals surface area (Å²) in [5, 5.41) is 3.25. The van der Waals surface area contributed by atoms with E-state index in [1.54, 1.807) is 39.8 Å². The molecule has 1 aromatic heterocycles. The number of rotatable bonds is 7. The molecule has 3 aromatic rings. The molecule has 0 amide bonds. The highest BCUT2D eigenvalue weighted by Crippen LogP contribution is 2.38. The standard InChI is InChI=1S/C21H22O4S/c1-22-17-10-15(13-20-16(17)8-9-26-20)7-5-6-14-11-18(23-2)21(25-4)19(12-14)24-3/h5-6,8-13H,7H2,1-4H3/b6-5+. The third-order valence-electron chi connectivity index (χ3n) is 4.16. The van der Waals surface area contributed by atoms with Gasteiger partial charge < -0.3 is 18.9 Å². The Bertz CT molecular complexity index is 902. The topological polar surface area (TPSA) is 36.9 Å². The van der Waals surface area contributed by atoms with Crippen LogP contribution in [0.25, 0.3) is 16.2 Å². The van der Waals surface area contributed by atoms with E-state index in [0.29, 0.717) is 17.2 Å². The van der Waals surface area contributed by atoms with Gasteiger partial charge in [-0.2, -0.15) is 0 Å². The molecular weight excluding hydrogens is 348 g/mol. The minimum Gasteiger partial charge on any atom is -0.496 e. The van der Waals surface area contributed by atoms with Gasteiger partial charge >= 0.3 is 0 Å². The van der Waals surface area contributed by atoms with E-state index >= 15 is 0 Å². The van der Waals surface area contributed by atoms with Crippen molar-refractivity contribution >= 4 is 27.5 Å². The van der Waals surface area contributed by atoms with Gasteiger partial charge in [-0.1, -0.05) is 12.2 Å². The Kier molecular flexibility index (Phi) is 5.68. The molecule has 0 aliphatic heterocycles. The van der Waals surface area contributed by atoms with Crippen LogP contribution in [0.5, 0.6) is 23.0 Å². The number of thiophene rings is 1. The molecule has 0 saturated carbocycles. The Hall–Kier alpha value is -2.66. The normalized spacial score (nSPS) is 11.1. The van der Waals surface area contributed by atoms with Gasteiger partial charge in [0.1, 0.15) is 5.75 Å². The van der Waals surface area contributed by atoms with E-state index in [0.717, 1.165) is 23.1 Å². The second kappa shape index (κ2) is 8.15. The monoisotopic (exact) mass is 370 g/mol. The van der Waals surface area contributed by atoms with Gasteiger partial charge in [0.2, 0.25) is 5.75 Å². The summed E-state index contributed by atoms with van der Waals surface area (Å²) in [4.78, 5) is 0. The fraction of sp³-hybridized carbons (Fsp3) is 0.238. The Labute approximate surface area is 157 Å². The Morgan fingerprint density at radius 2 is 1.54 bits per heavy atom. The maximum atomic E-state index is 5.51. The van der Waals surface area contributed by atoms with E-state index < -0.39 is 0 Å². The van der Waals surface area contributed by atoms with Crippen LogP contribution in [0.15, 0.2) is 41.8 Å². The molecule has 0 atom stereocenters. The predicted molar refractivity (Wildman–Crippen MR) is 107 cm³/mol. The zero-order valence-electron chi connectivity index (χ0n) is 15.4. The zero-order valence-corrected chi connectivity index (χ0v) is 16.2. The highest BCUT2D eigenvalue weighted by Gasteiger charge is 2.12. The van der Waals surface area contributed by atoms with Crippen molar-refractivity contribution in [3.63, 3.8) is 0 Å². The smallest absolute Gasteiger partial charge is 0.203 e. The lowest BCUT2D eigenvalue weighted by atomic mass is 10.1. The van der Waals surface area contributed by atoms with Crippen LogP contribution in [0.4, 0.5) is 0 Å². The summed E-state index contributed by atoms with van der Waals surface area (Å²) in [6.07, 6.45) is 4.98. The largest absolute Gasteiger partial charge is 0.496 e. The quantitative estimate of drug-likeness (QED) is 0.573. The first-order valence-electron chi connectivity index (χ1n) is 8.20. The van der Waals surface area contributed by atoms with Gasteiger partial charge in [-0.15, -0.1) is 11.3 Å². The van der Waals surface area contributed by atoms with Crippen molar-refractivity contribution in [1.82, 2.24) is 0 Å². The number of methoxy groups -OCH3 is 4. The zero-order chi connectivity index (χ0) is 18.5. The molecule has 0 aliphatic carbocycles. The highest BCUT2D eigenvalue weighted by molar-refractivity contribution is 7.17. The molecule has 3 rings (SSSR count). The molecule has 4 nitrogen and oxygen atoms in total. The third kappa shape index (κ3) is 3.63. The van der Waals surface area contributed by atoms with E-state index in [1.807, 2.05) is 12.1 Å². The van der Waals surface area contributed by atoms with Crippen LogP contribution in [0, 0.1) is 0 Å². The SMILES string of the molecule is COc1cc(/C=C/Cc2cc(OC)c3ccsc3c2)cc(OC)c1OC. The number of allylic oxidation sites excluding steroid dienone is 1. The Balaban J connectivity index is 1.84. The summed E-state index contributed by atoms with van der Waals surface area (Å²) in [5.41, 5.74) is 2.20. The van der Waals surface area contributed by atoms with Crippen molar-refractivity contribution in [2.24, 2.45) is 0 Å². The van der Waals surface area contributed by atoms with Crippen molar-refractivity contribution < 1.29 is 18.9 Å². The van der Waals surface area contributed by atoms with Gasteiger partial charge in [0.25, 0.3) is 0 Å². The van der Waals surface area contributed by atoms with Crippen LogP contribution in [0.1, 0.15) is 11.1 Å². The van der Waals surface area contributed by atoms with E-state index in [-0.39, 0.29) is 0 Å². The summed E-state index contributed by atoms with van der Waals surface area (Å²) in [5.74, 6) is 2.81. The second-order valence-corrected chi connectivity index (χ2v) is 6.64. The van der Waals surface area contributed by atoms with Gasteiger partial charge in [-0.05, 0) is 53.3 Å². The van der Waals surface area contributed by atoms with Crippen molar-refractivity contribution in [3.8, 4) is 23.0 Å². The van der Waals surface area contributed by atoms with Crippen LogP contribution in [-0.2, 0) is 6.42 Å². The minimum atomic E-state index is 0.597. The van der Waals surface area contributed by atoms with Crippen LogP contribution < -0.4 is 18.9 Å². The molecular formula is C21H22O4S. The maximum absolute atomic E-state index is 5.51. The number of hydrogen-bond acceptors (Lipinski definition) is 5. The molecule has 0 aliphatic rings. The van der Waals surface area contributed by atoms with Gasteiger partial charge in [-0.25, -0.2) is 0 Å². The fourth-order valence-electron chi connectivity index (χ4n) is 2.91. The molecule has 2 aromatic carbocycles. The van der Waals surface area contributed by atoms with Gasteiger partial charge in [0.15, 0.2) is 11.5 Å². The first-order valence-corrected chi connectivity index (χ1v) is 9.08. The molecule has 0 radical (unpaired) electrons. The van der Waals surface area contributed by atoms with E-state index in [9.17, 15) is 0 Å². The van der Waals surface area contributed by atoms with Gasteiger partial charge in [0, 0.05) is 10.1 Å². The van der Waals surface area contributed by atoms with E-state index in [1.165, 1.54) is 10.3 Å². The van der Waals surface area contributed by atoms with Crippen molar-refractivity contribution in [1.29, 1.82) is 0 Å². The molecule has 0 unspecified atom stereocenters. The fourth-order valence-corrected chi connectivity index (χ4v) is 3.77. The lowest BCUT2D eigenvalue weighted by Crippen LogP contribution is -1.95. The van der Waals surface area contributed by atoms with Crippen molar-refractivity contribution in [2.75, 3.05) is 28.4 Å². The average molecular weight is 370 g/mol. The third-order valence-corrected chi connectivity index (χ3v) is 5.03. The summed E-state index contributed by atoms with van der Waals surface area (Å²) in [6.45, 7) is 0. The second-order valence-electron chi connectivity index (χ2n) is 5.70. The number of ether oxygens (including phenoxy) is 4.